The van der Waals surface area contributed by atoms with E-state index in [1.807, 2.05) is 19.1 Å². The molecule has 7 nitrogen and oxygen atoms in total. The first kappa shape index (κ1) is 16.8. The predicted octanol–water partition coefficient (Wildman–Crippen LogP) is 2.37. The molecule has 1 aromatic rings. The van der Waals surface area contributed by atoms with Crippen molar-refractivity contribution in [2.75, 3.05) is 26.8 Å². The second-order valence-electron chi connectivity index (χ2n) is 4.46. The van der Waals surface area contributed by atoms with Crippen LogP contribution < -0.4 is 10.1 Å². The van der Waals surface area contributed by atoms with E-state index in [2.05, 4.69) is 15.3 Å². The number of hydrogen-bond donors (Lipinski definition) is 1. The molecule has 7 heteroatoms. The average Bonchev–Trinajstić information content (AvgIpc) is 2.51. The molecule has 0 aromatic heterocycles. The Morgan fingerprint density at radius 2 is 2.10 bits per heavy atom. The van der Waals surface area contributed by atoms with Crippen LogP contribution in [0, 0.1) is 0 Å². The summed E-state index contributed by atoms with van der Waals surface area (Å²) in [4.78, 5) is 14.8. The minimum atomic E-state index is -1.01. The molecule has 0 amide bonds. The highest BCUT2D eigenvalue weighted by Crippen LogP contribution is 2.24. The maximum Gasteiger partial charge on any atom is 0.330 e. The van der Waals surface area contributed by atoms with Crippen LogP contribution in [0.25, 0.3) is 10.4 Å². The number of hydrogen-bond acceptors (Lipinski definition) is 5. The molecule has 0 bridgehead atoms. The van der Waals surface area contributed by atoms with Gasteiger partial charge in [-0.05, 0) is 37.1 Å². The zero-order valence-corrected chi connectivity index (χ0v) is 12.5. The first-order valence-corrected chi connectivity index (χ1v) is 6.66. The Morgan fingerprint density at radius 1 is 1.43 bits per heavy atom. The van der Waals surface area contributed by atoms with Crippen molar-refractivity contribution in [3.8, 4) is 5.75 Å². The molecule has 1 atom stereocenters. The number of carbonyl (C=O) groups is 1. The number of carbonyl (C=O) groups excluding carboxylic acids is 1. The van der Waals surface area contributed by atoms with E-state index in [0.29, 0.717) is 13.2 Å². The topological polar surface area (TPSA) is 96.3 Å². The van der Waals surface area contributed by atoms with Gasteiger partial charge in [0, 0.05) is 18.0 Å². The van der Waals surface area contributed by atoms with Crippen LogP contribution >= 0.6 is 0 Å². The number of benzene rings is 1. The Balaban J connectivity index is 2.94. The van der Waals surface area contributed by atoms with Crippen LogP contribution in [-0.2, 0) is 15.1 Å². The molecule has 0 saturated heterocycles. The third-order valence-electron chi connectivity index (χ3n) is 3.09. The lowest BCUT2D eigenvalue weighted by molar-refractivity contribution is -0.148. The van der Waals surface area contributed by atoms with Gasteiger partial charge in [-0.15, -0.1) is 0 Å². The van der Waals surface area contributed by atoms with E-state index in [1.54, 1.807) is 19.1 Å². The number of rotatable bonds is 8. The number of esters is 1. The van der Waals surface area contributed by atoms with Crippen molar-refractivity contribution < 1.29 is 14.3 Å². The summed E-state index contributed by atoms with van der Waals surface area (Å²) in [5.74, 6) is 0.329. The molecule has 0 aliphatic carbocycles. The Kier molecular flexibility index (Phi) is 6.52. The van der Waals surface area contributed by atoms with Gasteiger partial charge in [0.05, 0.1) is 13.7 Å². The van der Waals surface area contributed by atoms with Crippen LogP contribution in [0.5, 0.6) is 5.75 Å². The van der Waals surface area contributed by atoms with Crippen molar-refractivity contribution in [3.05, 3.63) is 40.3 Å². The van der Waals surface area contributed by atoms with E-state index in [9.17, 15) is 4.79 Å². The fourth-order valence-corrected chi connectivity index (χ4v) is 1.95. The van der Waals surface area contributed by atoms with E-state index in [4.69, 9.17) is 15.0 Å². The molecular formula is C14H20N4O3. The van der Waals surface area contributed by atoms with Gasteiger partial charge in [-0.2, -0.15) is 0 Å². The van der Waals surface area contributed by atoms with E-state index in [-0.39, 0.29) is 6.54 Å². The summed E-state index contributed by atoms with van der Waals surface area (Å²) in [6.07, 6.45) is 0. The monoisotopic (exact) mass is 292 g/mol. The van der Waals surface area contributed by atoms with Crippen molar-refractivity contribution in [2.45, 2.75) is 19.4 Å². The van der Waals surface area contributed by atoms with Crippen molar-refractivity contribution >= 4 is 5.97 Å². The van der Waals surface area contributed by atoms with Gasteiger partial charge < -0.3 is 9.47 Å². The lowest BCUT2D eigenvalue weighted by Crippen LogP contribution is -2.48. The molecule has 114 valence electrons. The van der Waals surface area contributed by atoms with E-state index < -0.39 is 11.5 Å². The predicted molar refractivity (Wildman–Crippen MR) is 79.0 cm³/mol. The number of nitrogens with one attached hydrogen (secondary N) is 1. The Morgan fingerprint density at radius 3 is 2.62 bits per heavy atom. The highest BCUT2D eigenvalue weighted by molar-refractivity contribution is 5.82. The van der Waals surface area contributed by atoms with Gasteiger partial charge in [-0.3, -0.25) is 5.32 Å². The molecule has 1 unspecified atom stereocenters. The molecule has 21 heavy (non-hydrogen) atoms. The largest absolute Gasteiger partial charge is 0.494 e. The first-order chi connectivity index (χ1) is 10.1. The molecule has 0 saturated carbocycles. The third kappa shape index (κ3) is 4.37. The highest BCUT2D eigenvalue weighted by Gasteiger charge is 2.35. The first-order valence-electron chi connectivity index (χ1n) is 6.66. The van der Waals surface area contributed by atoms with Crippen LogP contribution in [0.15, 0.2) is 29.4 Å². The molecule has 0 spiro atoms. The summed E-state index contributed by atoms with van der Waals surface area (Å²) in [6.45, 7) is 4.83. The molecule has 0 radical (unpaired) electrons. The lowest BCUT2D eigenvalue weighted by atomic mass is 9.92. The summed E-state index contributed by atoms with van der Waals surface area (Å²) >= 11 is 0. The van der Waals surface area contributed by atoms with E-state index >= 15 is 0 Å². The maximum absolute atomic E-state index is 12.1. The number of methoxy groups -OCH3 is 1. The Bertz CT molecular complexity index is 511. The molecule has 0 fully saturated rings. The maximum atomic E-state index is 12.1. The minimum absolute atomic E-state index is 0.250. The zero-order chi connectivity index (χ0) is 15.7. The fraction of sp³-hybridized carbons (Fsp3) is 0.500. The average molecular weight is 292 g/mol. The standard InChI is InChI=1S/C14H20N4O3/c1-4-21-12-7-5-11(6-8-12)14(2,13(19)20-3)16-9-10-17-18-15/h5-8,16H,4,9-10H2,1-3H3. The van der Waals surface area contributed by atoms with Crippen LogP contribution in [-0.4, -0.2) is 32.8 Å². The van der Waals surface area contributed by atoms with Crippen molar-refractivity contribution in [3.63, 3.8) is 0 Å². The van der Waals surface area contributed by atoms with Gasteiger partial charge in [-0.25, -0.2) is 4.79 Å². The van der Waals surface area contributed by atoms with Crippen LogP contribution in [0.2, 0.25) is 0 Å². The quantitative estimate of drug-likeness (QED) is 0.261. The SMILES string of the molecule is CCOc1ccc(C(C)(NCCN=[N+]=[N-])C(=O)OC)cc1. The molecule has 1 N–H and O–H groups in total. The van der Waals surface area contributed by atoms with E-state index in [0.717, 1.165) is 11.3 Å². The van der Waals surface area contributed by atoms with Crippen molar-refractivity contribution in [2.24, 2.45) is 5.11 Å². The van der Waals surface area contributed by atoms with Crippen LogP contribution in [0.1, 0.15) is 19.4 Å². The molecule has 0 heterocycles. The zero-order valence-electron chi connectivity index (χ0n) is 12.5. The van der Waals surface area contributed by atoms with Gasteiger partial charge in [-0.1, -0.05) is 17.2 Å². The van der Waals surface area contributed by atoms with Crippen LogP contribution in [0.3, 0.4) is 0 Å². The fourth-order valence-electron chi connectivity index (χ4n) is 1.95. The number of azide groups is 1. The lowest BCUT2D eigenvalue weighted by Gasteiger charge is -2.28. The summed E-state index contributed by atoms with van der Waals surface area (Å²) in [5, 5.41) is 6.51. The second kappa shape index (κ2) is 8.14. The van der Waals surface area contributed by atoms with Crippen molar-refractivity contribution in [1.82, 2.24) is 5.32 Å². The van der Waals surface area contributed by atoms with Crippen LogP contribution in [0.4, 0.5) is 0 Å². The minimum Gasteiger partial charge on any atom is -0.494 e. The smallest absolute Gasteiger partial charge is 0.330 e. The van der Waals surface area contributed by atoms with Gasteiger partial charge >= 0.3 is 5.97 Å². The molecule has 0 aliphatic rings. The molecule has 0 aliphatic heterocycles. The van der Waals surface area contributed by atoms with Gasteiger partial charge in [0.1, 0.15) is 11.3 Å². The summed E-state index contributed by atoms with van der Waals surface area (Å²) in [5.41, 5.74) is 8.01. The molecular weight excluding hydrogens is 272 g/mol. The molecule has 1 rings (SSSR count). The highest BCUT2D eigenvalue weighted by atomic mass is 16.5. The van der Waals surface area contributed by atoms with Gasteiger partial charge in [0.2, 0.25) is 0 Å². The molecule has 1 aromatic carbocycles. The number of ether oxygens (including phenoxy) is 2. The van der Waals surface area contributed by atoms with Gasteiger partial charge in [0.15, 0.2) is 0 Å². The summed E-state index contributed by atoms with van der Waals surface area (Å²) < 4.78 is 10.3. The second-order valence-corrected chi connectivity index (χ2v) is 4.46. The number of nitrogens with zero attached hydrogens (tertiary/aromatic N) is 3. The third-order valence-corrected chi connectivity index (χ3v) is 3.09. The van der Waals surface area contributed by atoms with Crippen molar-refractivity contribution in [1.29, 1.82) is 0 Å². The summed E-state index contributed by atoms with van der Waals surface area (Å²) in [6, 6.07) is 7.22. The Labute approximate surface area is 123 Å². The van der Waals surface area contributed by atoms with Gasteiger partial charge in [0.25, 0.3) is 0 Å². The Hall–Kier alpha value is -2.24. The summed E-state index contributed by atoms with van der Waals surface area (Å²) in [7, 11) is 1.34. The van der Waals surface area contributed by atoms with E-state index in [1.165, 1.54) is 7.11 Å². The normalized spacial score (nSPS) is 12.9.